The molecule has 0 aliphatic carbocycles. The first-order valence-corrected chi connectivity index (χ1v) is 13.1. The van der Waals surface area contributed by atoms with Crippen molar-refractivity contribution in [2.45, 2.75) is 111 Å². The van der Waals surface area contributed by atoms with E-state index in [2.05, 4.69) is 27.7 Å². The van der Waals surface area contributed by atoms with Gasteiger partial charge in [-0.15, -0.1) is 0 Å². The third-order valence-corrected chi connectivity index (χ3v) is 10.3. The maximum Gasteiger partial charge on any atom is 0.0594 e. The van der Waals surface area contributed by atoms with Crippen LogP contribution in [0.2, 0.25) is 0 Å². The number of rotatable bonds is 17. The van der Waals surface area contributed by atoms with E-state index in [0.717, 1.165) is 0 Å². The Labute approximate surface area is 160 Å². The minimum absolute atomic E-state index is 0. The van der Waals surface area contributed by atoms with Gasteiger partial charge < -0.3 is 17.0 Å². The molecule has 0 aliphatic rings. The first kappa shape index (κ1) is 26.1. The maximum atomic E-state index is 2.38. The summed E-state index contributed by atoms with van der Waals surface area (Å²) < 4.78 is 0. The maximum absolute atomic E-state index is 2.38. The molecule has 0 bridgehead atoms. The Morgan fingerprint density at radius 3 is 1.09 bits per heavy atom. The van der Waals surface area contributed by atoms with E-state index >= 15 is 0 Å². The molecule has 0 aliphatic heterocycles. The second-order valence-corrected chi connectivity index (χ2v) is 11.9. The molecule has 0 unspecified atom stereocenters. The van der Waals surface area contributed by atoms with Crippen LogP contribution in [0.1, 0.15) is 111 Å². The van der Waals surface area contributed by atoms with Crippen molar-refractivity contribution in [1.29, 1.82) is 0 Å². The lowest BCUT2D eigenvalue weighted by Gasteiger charge is -2.28. The van der Waals surface area contributed by atoms with E-state index in [4.69, 9.17) is 0 Å². The van der Waals surface area contributed by atoms with Crippen molar-refractivity contribution in [2.75, 3.05) is 24.6 Å². The van der Waals surface area contributed by atoms with Gasteiger partial charge in [-0.2, -0.15) is 0 Å². The third-order valence-electron chi connectivity index (χ3n) is 5.19. The van der Waals surface area contributed by atoms with Crippen LogP contribution in [0, 0.1) is 0 Å². The first-order chi connectivity index (χ1) is 10.7. The molecule has 2 heteroatoms. The molecule has 0 radical (unpaired) electrons. The average molecular weight is 409 g/mol. The largest absolute Gasteiger partial charge is 1.00 e. The second-order valence-electron chi connectivity index (χ2n) is 7.42. The Kier molecular flexibility index (Phi) is 21.9. The molecule has 0 N–H and O–H groups in total. The van der Waals surface area contributed by atoms with Crippen molar-refractivity contribution >= 4 is 7.26 Å². The van der Waals surface area contributed by atoms with Crippen LogP contribution in [0.15, 0.2) is 0 Å². The van der Waals surface area contributed by atoms with Gasteiger partial charge in [0.25, 0.3) is 0 Å². The molecule has 0 heterocycles. The van der Waals surface area contributed by atoms with Gasteiger partial charge in [0.1, 0.15) is 0 Å². The molecule has 0 saturated heterocycles. The van der Waals surface area contributed by atoms with Crippen molar-refractivity contribution in [3.05, 3.63) is 0 Å². The van der Waals surface area contributed by atoms with Crippen molar-refractivity contribution in [1.82, 2.24) is 0 Å². The van der Waals surface area contributed by atoms with E-state index in [9.17, 15) is 0 Å². The molecule has 0 aromatic heterocycles. The zero-order chi connectivity index (χ0) is 16.5. The van der Waals surface area contributed by atoms with Crippen molar-refractivity contribution in [2.24, 2.45) is 0 Å². The molecule has 0 nitrogen and oxygen atoms in total. The molecule has 0 spiro atoms. The van der Waals surface area contributed by atoms with E-state index in [1.807, 2.05) is 0 Å². The lowest BCUT2D eigenvalue weighted by Crippen LogP contribution is -3.00. The summed E-state index contributed by atoms with van der Waals surface area (Å²) in [5.74, 6) is 0. The molecular weight excluding hydrogens is 363 g/mol. The second kappa shape index (κ2) is 19.2. The average Bonchev–Trinajstić information content (AvgIpc) is 2.55. The summed E-state index contributed by atoms with van der Waals surface area (Å²) in [6, 6.07) is 0. The molecule has 0 amide bonds. The SMILES string of the molecule is CCCCCCCCC[P+](CCCC)(CCCC)CCCC.[Br-]. The monoisotopic (exact) mass is 408 g/mol. The Balaban J connectivity index is 0. The summed E-state index contributed by atoms with van der Waals surface area (Å²) >= 11 is 0. The number of hydrogen-bond acceptors (Lipinski definition) is 0. The van der Waals surface area contributed by atoms with Crippen LogP contribution >= 0.6 is 7.26 Å². The van der Waals surface area contributed by atoms with Crippen molar-refractivity contribution < 1.29 is 17.0 Å². The number of unbranched alkanes of at least 4 members (excludes halogenated alkanes) is 9. The summed E-state index contributed by atoms with van der Waals surface area (Å²) in [7, 11) is -0.607. The van der Waals surface area contributed by atoms with E-state index < -0.39 is 7.26 Å². The van der Waals surface area contributed by atoms with Gasteiger partial charge in [0, 0.05) is 7.26 Å². The fourth-order valence-electron chi connectivity index (χ4n) is 3.56. The topological polar surface area (TPSA) is 0 Å². The van der Waals surface area contributed by atoms with Gasteiger partial charge in [0.15, 0.2) is 0 Å². The highest BCUT2D eigenvalue weighted by molar-refractivity contribution is 7.75. The van der Waals surface area contributed by atoms with E-state index in [1.165, 1.54) is 83.5 Å². The normalized spacial score (nSPS) is 11.5. The molecule has 142 valence electrons. The summed E-state index contributed by atoms with van der Waals surface area (Å²) in [6.45, 7) is 9.44. The lowest BCUT2D eigenvalue weighted by molar-refractivity contribution is -0.00000513. The molecule has 0 rings (SSSR count). The lowest BCUT2D eigenvalue weighted by atomic mass is 10.1. The Morgan fingerprint density at radius 2 is 0.696 bits per heavy atom. The predicted molar refractivity (Wildman–Crippen MR) is 109 cm³/mol. The zero-order valence-electron chi connectivity index (χ0n) is 16.8. The number of hydrogen-bond donors (Lipinski definition) is 0. The molecule has 0 aromatic rings. The summed E-state index contributed by atoms with van der Waals surface area (Å²) in [5.41, 5.74) is 0. The van der Waals surface area contributed by atoms with Gasteiger partial charge in [-0.1, -0.05) is 79.1 Å². The van der Waals surface area contributed by atoms with Crippen LogP contribution in [0.4, 0.5) is 0 Å². The van der Waals surface area contributed by atoms with Crippen LogP contribution in [-0.2, 0) is 0 Å². The highest BCUT2D eigenvalue weighted by atomic mass is 79.9. The van der Waals surface area contributed by atoms with Crippen LogP contribution in [0.5, 0.6) is 0 Å². The van der Waals surface area contributed by atoms with E-state index in [-0.39, 0.29) is 17.0 Å². The minimum atomic E-state index is -0.607. The highest BCUT2D eigenvalue weighted by Gasteiger charge is 2.34. The third kappa shape index (κ3) is 14.9. The Hall–Kier alpha value is 0.910. The minimum Gasteiger partial charge on any atom is -1.00 e. The Morgan fingerprint density at radius 1 is 0.391 bits per heavy atom. The molecule has 0 fully saturated rings. The van der Waals surface area contributed by atoms with Gasteiger partial charge >= 0.3 is 0 Å². The summed E-state index contributed by atoms with van der Waals surface area (Å²) in [5, 5.41) is 0. The smallest absolute Gasteiger partial charge is 0.0594 e. The number of halogens is 1. The van der Waals surface area contributed by atoms with Gasteiger partial charge in [-0.05, 0) is 32.1 Å². The predicted octanol–water partition coefficient (Wildman–Crippen LogP) is 5.16. The quantitative estimate of drug-likeness (QED) is 0.230. The molecule has 23 heavy (non-hydrogen) atoms. The molecule has 0 saturated carbocycles. The van der Waals surface area contributed by atoms with Crippen LogP contribution in [0.3, 0.4) is 0 Å². The standard InChI is InChI=1S/C21H46P.BrH/c1-5-9-13-14-15-16-17-21-22(18-10-6-2,19-11-7-3)20-12-8-4;/h5-21H2,1-4H3;1H/q+1;/p-1. The molecular formula is C21H46BrP. The summed E-state index contributed by atoms with van der Waals surface area (Å²) in [6.07, 6.45) is 25.5. The fraction of sp³-hybridized carbons (Fsp3) is 1.00. The van der Waals surface area contributed by atoms with Gasteiger partial charge in [-0.25, -0.2) is 0 Å². The first-order valence-electron chi connectivity index (χ1n) is 10.6. The zero-order valence-corrected chi connectivity index (χ0v) is 19.3. The highest BCUT2D eigenvalue weighted by Crippen LogP contribution is 2.61. The van der Waals surface area contributed by atoms with Gasteiger partial charge in [0.2, 0.25) is 0 Å². The van der Waals surface area contributed by atoms with Crippen LogP contribution in [0.25, 0.3) is 0 Å². The molecule has 0 aromatic carbocycles. The van der Waals surface area contributed by atoms with E-state index in [1.54, 1.807) is 24.6 Å². The fourth-order valence-corrected chi connectivity index (χ4v) is 8.75. The molecule has 0 atom stereocenters. The van der Waals surface area contributed by atoms with Gasteiger partial charge in [0.05, 0.1) is 24.6 Å². The van der Waals surface area contributed by atoms with E-state index in [0.29, 0.717) is 0 Å². The van der Waals surface area contributed by atoms with Crippen molar-refractivity contribution in [3.63, 3.8) is 0 Å². The van der Waals surface area contributed by atoms with Gasteiger partial charge in [-0.3, -0.25) is 0 Å². The van der Waals surface area contributed by atoms with Crippen molar-refractivity contribution in [3.8, 4) is 0 Å². The van der Waals surface area contributed by atoms with Crippen LogP contribution < -0.4 is 17.0 Å². The Bertz CT molecular complexity index is 196. The van der Waals surface area contributed by atoms with Crippen LogP contribution in [-0.4, -0.2) is 24.6 Å². The summed E-state index contributed by atoms with van der Waals surface area (Å²) in [4.78, 5) is 0.